The largest absolute Gasteiger partial charge is 0.456 e. The number of para-hydroxylation sites is 3. The van der Waals surface area contributed by atoms with E-state index in [2.05, 4.69) is 438 Å². The van der Waals surface area contributed by atoms with Crippen molar-refractivity contribution in [2.24, 2.45) is 0 Å². The molecule has 0 spiro atoms. The predicted molar refractivity (Wildman–Crippen MR) is 592 cm³/mol. The van der Waals surface area contributed by atoms with Crippen LogP contribution in [0.2, 0.25) is 0 Å². The lowest BCUT2D eigenvalue weighted by Gasteiger charge is -2.28. The van der Waals surface area contributed by atoms with Crippen LogP contribution >= 0.6 is 0 Å². The second-order valence-electron chi connectivity index (χ2n) is 37.6. The fourth-order valence-electron chi connectivity index (χ4n) is 21.2. The standard InChI is InChI=1S/C48H39NO.C43H29NO.C42H26FNO/c1-30(2)36-24-37(31(3)4)26-38(25-36)33-17-18-34-27-39(20-19-32(34)23-33)49(40-21-22-45-44-15-9-10-16-47(44)50-48(45)29-40)46-28-35-11-5-6-12-41(35)42-13-7-8-14-43(42)46;1-28-14-15-32-25-31(17-16-30(32)24-28)29-18-20-34(21-19-29)44(35-22-23-40-39-12-6-7-13-42(39)45-43(40)27-35)41-26-33-8-2-3-9-36(33)37-10-4-5-11-38(37)41;43-39-24-23-32(33-11-3-5-13-35(33)39)27-17-19-29(20-18-27)44(30-21-22-38-37-15-7-8-16-41(37)45-42(38)26-30)40-25-28-9-1-2-10-31(28)34-12-4-6-14-36(34)40/h5-31H,1-4H3;2-27H,1H3;1-26H. The highest BCUT2D eigenvalue weighted by Crippen LogP contribution is 2.51. The van der Waals surface area contributed by atoms with Crippen LogP contribution in [-0.4, -0.2) is 0 Å². The first-order valence-electron chi connectivity index (χ1n) is 48.3. The topological polar surface area (TPSA) is 49.1 Å². The van der Waals surface area contributed by atoms with Crippen molar-refractivity contribution < 1.29 is 17.6 Å². The van der Waals surface area contributed by atoms with E-state index < -0.39 is 0 Å². The Kier molecular flexibility index (Phi) is 21.0. The van der Waals surface area contributed by atoms with E-state index in [1.807, 2.05) is 72.8 Å². The average molecular weight is 1800 g/mol. The third-order valence-corrected chi connectivity index (χ3v) is 28.3. The van der Waals surface area contributed by atoms with Gasteiger partial charge in [0.2, 0.25) is 0 Å². The van der Waals surface area contributed by atoms with Gasteiger partial charge in [0, 0.05) is 106 Å². The summed E-state index contributed by atoms with van der Waals surface area (Å²) in [5.41, 5.74) is 26.0. The number of nitrogens with zero attached hydrogens (tertiary/aromatic N) is 3. The summed E-state index contributed by atoms with van der Waals surface area (Å²) in [4.78, 5) is 7.08. The Morgan fingerprint density at radius 1 is 0.186 bits per heavy atom. The fraction of sp³-hybridized carbons (Fsp3) is 0.0526. The third-order valence-electron chi connectivity index (χ3n) is 28.3. The van der Waals surface area contributed by atoms with Crippen LogP contribution in [0.1, 0.15) is 56.2 Å². The maximum Gasteiger partial charge on any atom is 0.137 e. The van der Waals surface area contributed by atoms with Crippen molar-refractivity contribution in [2.75, 3.05) is 14.7 Å². The zero-order valence-corrected chi connectivity index (χ0v) is 78.1. The summed E-state index contributed by atoms with van der Waals surface area (Å²) >= 11 is 0. The maximum atomic E-state index is 14.6. The molecule has 0 amide bonds. The van der Waals surface area contributed by atoms with Crippen LogP contribution < -0.4 is 14.7 Å². The van der Waals surface area contributed by atoms with E-state index in [1.54, 1.807) is 6.07 Å². The summed E-state index contributed by atoms with van der Waals surface area (Å²) < 4.78 is 33.8. The molecule has 3 aromatic heterocycles. The first-order valence-corrected chi connectivity index (χ1v) is 48.3. The Morgan fingerprint density at radius 2 is 0.486 bits per heavy atom. The molecule has 0 aliphatic heterocycles. The van der Waals surface area contributed by atoms with Gasteiger partial charge in [-0.05, 0) is 266 Å². The van der Waals surface area contributed by atoms with Gasteiger partial charge in [-0.3, -0.25) is 0 Å². The molecule has 0 aliphatic carbocycles. The highest BCUT2D eigenvalue weighted by molar-refractivity contribution is 6.19. The van der Waals surface area contributed by atoms with Gasteiger partial charge in [-0.1, -0.05) is 355 Å². The van der Waals surface area contributed by atoms with Crippen LogP contribution in [0.4, 0.5) is 55.6 Å². The molecule has 0 radical (unpaired) electrons. The number of benzene rings is 24. The quantitative estimate of drug-likeness (QED) is 0.101. The van der Waals surface area contributed by atoms with Crippen LogP contribution in [0.25, 0.3) is 196 Å². The first kappa shape index (κ1) is 84.1. The van der Waals surface area contributed by atoms with Crippen molar-refractivity contribution in [1.82, 2.24) is 0 Å². The van der Waals surface area contributed by atoms with E-state index in [0.717, 1.165) is 139 Å². The van der Waals surface area contributed by atoms with Gasteiger partial charge >= 0.3 is 0 Å². The van der Waals surface area contributed by atoms with Gasteiger partial charge in [0.25, 0.3) is 0 Å². The monoisotopic (exact) mass is 1800 g/mol. The summed E-state index contributed by atoms with van der Waals surface area (Å²) in [5, 5.41) is 27.8. The van der Waals surface area contributed by atoms with Crippen molar-refractivity contribution in [2.45, 2.75) is 46.5 Å². The molecule has 0 aliphatic rings. The normalized spacial score (nSPS) is 11.8. The number of aryl methyl sites for hydroxylation is 1. The van der Waals surface area contributed by atoms with Crippen LogP contribution in [0.5, 0.6) is 0 Å². The lowest BCUT2D eigenvalue weighted by Crippen LogP contribution is -2.10. The molecule has 666 valence electrons. The molecule has 0 saturated heterocycles. The van der Waals surface area contributed by atoms with Gasteiger partial charge in [-0.15, -0.1) is 0 Å². The fourth-order valence-corrected chi connectivity index (χ4v) is 21.2. The molecule has 3 heterocycles. The van der Waals surface area contributed by atoms with E-state index in [4.69, 9.17) is 13.3 Å². The van der Waals surface area contributed by atoms with Crippen LogP contribution in [0, 0.1) is 12.7 Å². The minimum Gasteiger partial charge on any atom is -0.456 e. The summed E-state index contributed by atoms with van der Waals surface area (Å²) in [6, 6.07) is 166. The lowest BCUT2D eigenvalue weighted by atomic mass is 9.90. The van der Waals surface area contributed by atoms with Crippen molar-refractivity contribution in [3.63, 3.8) is 0 Å². The number of hydrogen-bond donors (Lipinski definition) is 0. The summed E-state index contributed by atoms with van der Waals surface area (Å²) in [6.45, 7) is 11.3. The summed E-state index contributed by atoms with van der Waals surface area (Å²) in [5.74, 6) is 0.749. The van der Waals surface area contributed by atoms with E-state index in [9.17, 15) is 4.39 Å². The molecule has 0 N–H and O–H groups in total. The molecule has 0 bridgehead atoms. The van der Waals surface area contributed by atoms with E-state index in [1.165, 1.54) is 120 Å². The van der Waals surface area contributed by atoms with Crippen molar-refractivity contribution in [1.29, 1.82) is 0 Å². The van der Waals surface area contributed by atoms with Gasteiger partial charge in [0.15, 0.2) is 0 Å². The summed E-state index contributed by atoms with van der Waals surface area (Å²) in [6.07, 6.45) is 0. The molecule has 24 aromatic carbocycles. The SMILES string of the molecule is CC(C)c1cc(-c2ccc3cc(N(c4ccc5c(c4)oc4ccccc45)c4cc5ccccc5c5ccccc45)ccc3c2)cc(C(C)C)c1.Cc1ccc2cc(-c3ccc(N(c4ccc5c(c4)oc4ccccc45)c4cc5ccccc5c5ccccc45)cc3)ccc2c1.Fc1ccc(-c2ccc(N(c3ccc4c(c3)oc3ccccc34)c3cc4ccccc4c4ccccc34)cc2)c2ccccc12. The average Bonchev–Trinajstić information content (AvgIpc) is 0.931. The molecule has 0 saturated carbocycles. The number of fused-ring (bicyclic) bond motifs is 21. The van der Waals surface area contributed by atoms with Gasteiger partial charge in [-0.2, -0.15) is 0 Å². The summed E-state index contributed by atoms with van der Waals surface area (Å²) in [7, 11) is 0. The van der Waals surface area contributed by atoms with Crippen molar-refractivity contribution >= 4 is 214 Å². The molecule has 0 atom stereocenters. The Morgan fingerprint density at radius 3 is 0.914 bits per heavy atom. The van der Waals surface area contributed by atoms with Crippen LogP contribution in [-0.2, 0) is 0 Å². The number of halogens is 1. The molecular formula is C133H94FN3O3. The first-order chi connectivity index (χ1) is 68.8. The molecule has 27 rings (SSSR count). The second-order valence-corrected chi connectivity index (χ2v) is 37.6. The molecule has 6 nitrogen and oxygen atoms in total. The van der Waals surface area contributed by atoms with Gasteiger partial charge in [0.05, 0.1) is 17.1 Å². The molecule has 140 heavy (non-hydrogen) atoms. The van der Waals surface area contributed by atoms with Gasteiger partial charge in [-0.25, -0.2) is 4.39 Å². The molecule has 0 fully saturated rings. The number of furan rings is 3. The Bertz CT molecular complexity index is 9570. The minimum absolute atomic E-state index is 0.207. The van der Waals surface area contributed by atoms with E-state index in [-0.39, 0.29) is 5.82 Å². The van der Waals surface area contributed by atoms with Crippen molar-refractivity contribution in [3.05, 3.63) is 490 Å². The maximum absolute atomic E-state index is 14.6. The Hall–Kier alpha value is -17.7. The number of hydrogen-bond acceptors (Lipinski definition) is 6. The zero-order valence-electron chi connectivity index (χ0n) is 78.1. The molecule has 27 aromatic rings. The van der Waals surface area contributed by atoms with Crippen LogP contribution in [0.3, 0.4) is 0 Å². The third kappa shape index (κ3) is 15.2. The van der Waals surface area contributed by atoms with Gasteiger partial charge in [0.1, 0.15) is 39.3 Å². The Labute approximate surface area is 810 Å². The van der Waals surface area contributed by atoms with E-state index in [0.29, 0.717) is 17.2 Å². The van der Waals surface area contributed by atoms with E-state index >= 15 is 0 Å². The molecule has 7 heteroatoms. The smallest absolute Gasteiger partial charge is 0.137 e. The highest BCUT2D eigenvalue weighted by atomic mass is 19.1. The predicted octanol–water partition coefficient (Wildman–Crippen LogP) is 39.2. The highest BCUT2D eigenvalue weighted by Gasteiger charge is 2.26. The number of anilines is 9. The minimum atomic E-state index is -0.207. The zero-order chi connectivity index (χ0) is 93.7. The second kappa shape index (κ2) is 34.9. The Balaban J connectivity index is 0.000000111. The molecular weight excluding hydrogens is 1710 g/mol. The number of rotatable bonds is 14. The van der Waals surface area contributed by atoms with Gasteiger partial charge < -0.3 is 28.0 Å². The molecule has 0 unspecified atom stereocenters. The lowest BCUT2D eigenvalue weighted by molar-refractivity contribution is 0.640. The van der Waals surface area contributed by atoms with Crippen LogP contribution in [0.15, 0.2) is 480 Å². The van der Waals surface area contributed by atoms with Crippen molar-refractivity contribution in [3.8, 4) is 33.4 Å².